The molecule has 0 bridgehead atoms. The lowest BCUT2D eigenvalue weighted by atomic mass is 9.82. The molecule has 116 valence electrons. The molecule has 20 heavy (non-hydrogen) atoms. The highest BCUT2D eigenvalue weighted by atomic mass is 16.2. The molecule has 1 amide bonds. The van der Waals surface area contributed by atoms with E-state index in [2.05, 4.69) is 31.0 Å². The highest BCUT2D eigenvalue weighted by Gasteiger charge is 2.41. The third-order valence-electron chi connectivity index (χ3n) is 5.16. The molecule has 1 N–H and O–H groups in total. The molecule has 0 aromatic carbocycles. The van der Waals surface area contributed by atoms with Crippen molar-refractivity contribution in [3.63, 3.8) is 0 Å². The minimum absolute atomic E-state index is 0.0694. The zero-order valence-corrected chi connectivity index (χ0v) is 13.5. The second-order valence-electron chi connectivity index (χ2n) is 6.64. The number of nitrogens with one attached hydrogen (secondary N) is 1. The third kappa shape index (κ3) is 3.36. The maximum absolute atomic E-state index is 12.6. The summed E-state index contributed by atoms with van der Waals surface area (Å²) in [5.74, 6) is 1.28. The first kappa shape index (κ1) is 15.8. The lowest BCUT2D eigenvalue weighted by Gasteiger charge is -2.37. The third-order valence-corrected chi connectivity index (χ3v) is 5.16. The van der Waals surface area contributed by atoms with Crippen LogP contribution in [0.25, 0.3) is 0 Å². The molecule has 1 aliphatic heterocycles. The van der Waals surface area contributed by atoms with Crippen molar-refractivity contribution >= 4 is 5.91 Å². The summed E-state index contributed by atoms with van der Waals surface area (Å²) in [5, 5.41) is 3.55. The molecule has 0 radical (unpaired) electrons. The molecule has 3 heteroatoms. The first-order valence-corrected chi connectivity index (χ1v) is 8.79. The van der Waals surface area contributed by atoms with Gasteiger partial charge in [0.15, 0.2) is 0 Å². The Hall–Kier alpha value is -0.570. The lowest BCUT2D eigenvalue weighted by Crippen LogP contribution is -2.46. The fraction of sp³-hybridized carbons (Fsp3) is 0.941. The maximum atomic E-state index is 12.6. The van der Waals surface area contributed by atoms with Gasteiger partial charge in [0.25, 0.3) is 0 Å². The van der Waals surface area contributed by atoms with Gasteiger partial charge in [-0.05, 0) is 44.4 Å². The van der Waals surface area contributed by atoms with Gasteiger partial charge in [-0.25, -0.2) is 0 Å². The summed E-state index contributed by atoms with van der Waals surface area (Å²) in [4.78, 5) is 14.8. The number of hydrogen-bond acceptors (Lipinski definition) is 2. The maximum Gasteiger partial charge on any atom is 0.241 e. The van der Waals surface area contributed by atoms with Crippen LogP contribution in [0.5, 0.6) is 0 Å². The van der Waals surface area contributed by atoms with E-state index in [1.54, 1.807) is 0 Å². The number of carbonyl (C=O) groups is 1. The van der Waals surface area contributed by atoms with E-state index in [1.807, 2.05) is 0 Å². The number of amides is 1. The Morgan fingerprint density at radius 2 is 1.70 bits per heavy atom. The molecule has 1 saturated heterocycles. The normalized spacial score (nSPS) is 34.8. The van der Waals surface area contributed by atoms with Crippen LogP contribution in [0.2, 0.25) is 0 Å². The van der Waals surface area contributed by atoms with Crippen LogP contribution in [-0.4, -0.2) is 29.1 Å². The molecule has 2 rings (SSSR count). The minimum Gasteiger partial charge on any atom is -0.323 e. The second kappa shape index (κ2) is 7.44. The van der Waals surface area contributed by atoms with Crippen molar-refractivity contribution in [1.82, 2.24) is 10.2 Å². The van der Waals surface area contributed by atoms with Gasteiger partial charge in [0.05, 0.1) is 12.2 Å². The second-order valence-corrected chi connectivity index (χ2v) is 6.64. The van der Waals surface area contributed by atoms with E-state index < -0.39 is 0 Å². The van der Waals surface area contributed by atoms with Gasteiger partial charge in [-0.2, -0.15) is 0 Å². The first-order chi connectivity index (χ1) is 9.71. The standard InChI is InChI=1S/C17H32N2O/c1-4-7-13-9-11-14(12-10-13)19-16(8-5-2)18-15(6-3)17(19)20/h13-16,18H,4-12H2,1-3H3. The summed E-state index contributed by atoms with van der Waals surface area (Å²) in [5.41, 5.74) is 0. The summed E-state index contributed by atoms with van der Waals surface area (Å²) < 4.78 is 0. The molecule has 2 fully saturated rings. The van der Waals surface area contributed by atoms with Gasteiger partial charge in [0.1, 0.15) is 0 Å². The average molecular weight is 280 g/mol. The van der Waals surface area contributed by atoms with Gasteiger partial charge in [-0.1, -0.05) is 40.0 Å². The van der Waals surface area contributed by atoms with Crippen molar-refractivity contribution < 1.29 is 4.79 Å². The summed E-state index contributed by atoms with van der Waals surface area (Å²) in [7, 11) is 0. The monoisotopic (exact) mass is 280 g/mol. The molecule has 2 unspecified atom stereocenters. The van der Waals surface area contributed by atoms with Crippen LogP contribution >= 0.6 is 0 Å². The largest absolute Gasteiger partial charge is 0.323 e. The summed E-state index contributed by atoms with van der Waals surface area (Å²) in [6.07, 6.45) is 11.2. The van der Waals surface area contributed by atoms with Crippen molar-refractivity contribution in [1.29, 1.82) is 0 Å². The van der Waals surface area contributed by atoms with Gasteiger partial charge in [-0.15, -0.1) is 0 Å². The molecule has 2 atom stereocenters. The van der Waals surface area contributed by atoms with Crippen molar-refractivity contribution in [3.05, 3.63) is 0 Å². The van der Waals surface area contributed by atoms with Gasteiger partial charge < -0.3 is 4.90 Å². The molecular formula is C17H32N2O. The fourth-order valence-electron chi connectivity index (χ4n) is 4.06. The number of nitrogens with zero attached hydrogens (tertiary/aromatic N) is 1. The minimum atomic E-state index is 0.0694. The van der Waals surface area contributed by atoms with Crippen LogP contribution in [-0.2, 0) is 4.79 Å². The predicted octanol–water partition coefficient (Wildman–Crippen LogP) is 3.68. The van der Waals surface area contributed by atoms with Gasteiger partial charge in [-0.3, -0.25) is 10.1 Å². The lowest BCUT2D eigenvalue weighted by molar-refractivity contribution is -0.133. The average Bonchev–Trinajstić information content (AvgIpc) is 2.77. The van der Waals surface area contributed by atoms with Crippen LogP contribution in [0.15, 0.2) is 0 Å². The molecular weight excluding hydrogens is 248 g/mol. The molecule has 1 heterocycles. The van der Waals surface area contributed by atoms with Crippen LogP contribution in [0.3, 0.4) is 0 Å². The van der Waals surface area contributed by atoms with E-state index in [4.69, 9.17) is 0 Å². The van der Waals surface area contributed by atoms with E-state index >= 15 is 0 Å². The van der Waals surface area contributed by atoms with E-state index in [0.29, 0.717) is 18.1 Å². The van der Waals surface area contributed by atoms with E-state index in [1.165, 1.54) is 38.5 Å². The van der Waals surface area contributed by atoms with Crippen LogP contribution in [0.1, 0.15) is 78.6 Å². The molecule has 3 nitrogen and oxygen atoms in total. The Kier molecular flexibility index (Phi) is 5.88. The molecule has 0 aromatic heterocycles. The Bertz CT molecular complexity index is 310. The van der Waals surface area contributed by atoms with Gasteiger partial charge in [0, 0.05) is 6.04 Å². The zero-order chi connectivity index (χ0) is 14.5. The topological polar surface area (TPSA) is 32.3 Å². The highest BCUT2D eigenvalue weighted by molar-refractivity contribution is 5.84. The van der Waals surface area contributed by atoms with Gasteiger partial charge in [0.2, 0.25) is 5.91 Å². The summed E-state index contributed by atoms with van der Waals surface area (Å²) in [6, 6.07) is 0.566. The summed E-state index contributed by atoms with van der Waals surface area (Å²) in [6.45, 7) is 6.60. The Morgan fingerprint density at radius 1 is 1.05 bits per heavy atom. The molecule has 0 spiro atoms. The fourth-order valence-corrected chi connectivity index (χ4v) is 4.06. The summed E-state index contributed by atoms with van der Waals surface area (Å²) >= 11 is 0. The number of hydrogen-bond donors (Lipinski definition) is 1. The van der Waals surface area contributed by atoms with E-state index in [9.17, 15) is 4.79 Å². The van der Waals surface area contributed by atoms with E-state index in [-0.39, 0.29) is 6.04 Å². The Morgan fingerprint density at radius 3 is 2.25 bits per heavy atom. The molecule has 1 aliphatic carbocycles. The highest BCUT2D eigenvalue weighted by Crippen LogP contribution is 2.33. The Labute approximate surface area is 124 Å². The quantitative estimate of drug-likeness (QED) is 0.805. The SMILES string of the molecule is CCCC1CCC(N2C(=O)C(CC)NC2CCC)CC1. The van der Waals surface area contributed by atoms with Crippen LogP contribution < -0.4 is 5.32 Å². The van der Waals surface area contributed by atoms with Crippen LogP contribution in [0.4, 0.5) is 0 Å². The Balaban J connectivity index is 1.97. The molecule has 1 saturated carbocycles. The molecule has 2 aliphatic rings. The number of carbonyl (C=O) groups excluding carboxylic acids is 1. The zero-order valence-electron chi connectivity index (χ0n) is 13.5. The van der Waals surface area contributed by atoms with Crippen LogP contribution in [0, 0.1) is 5.92 Å². The van der Waals surface area contributed by atoms with Crippen molar-refractivity contribution in [2.75, 3.05) is 0 Å². The first-order valence-electron chi connectivity index (χ1n) is 8.79. The van der Waals surface area contributed by atoms with Crippen molar-refractivity contribution in [3.8, 4) is 0 Å². The molecule has 0 aromatic rings. The number of rotatable bonds is 6. The van der Waals surface area contributed by atoms with Crippen molar-refractivity contribution in [2.24, 2.45) is 5.92 Å². The smallest absolute Gasteiger partial charge is 0.241 e. The van der Waals surface area contributed by atoms with E-state index in [0.717, 1.165) is 25.2 Å². The predicted molar refractivity (Wildman–Crippen MR) is 83.4 cm³/mol. The van der Waals surface area contributed by atoms with Crippen molar-refractivity contribution in [2.45, 2.75) is 96.8 Å². The van der Waals surface area contributed by atoms with Gasteiger partial charge >= 0.3 is 0 Å².